The number of hydrogen-bond donors (Lipinski definition) is 1. The number of carbonyl (C=O) groups is 2. The minimum atomic E-state index is -4.27. The fraction of sp³-hybridized carbons (Fsp3) is 0.212. The molecular weight excluding hydrogens is 641 g/mol. The van der Waals surface area contributed by atoms with Gasteiger partial charge in [-0.1, -0.05) is 83.3 Å². The van der Waals surface area contributed by atoms with Gasteiger partial charge in [0.05, 0.1) is 10.6 Å². The van der Waals surface area contributed by atoms with Crippen molar-refractivity contribution < 1.29 is 18.0 Å². The predicted octanol–water partition coefficient (Wildman–Crippen LogP) is 7.01. The molecule has 0 saturated heterocycles. The molecule has 7 nitrogen and oxygen atoms in total. The minimum Gasteiger partial charge on any atom is -0.352 e. The van der Waals surface area contributed by atoms with Gasteiger partial charge < -0.3 is 10.2 Å². The molecule has 1 atom stereocenters. The van der Waals surface area contributed by atoms with Crippen LogP contribution in [0.3, 0.4) is 0 Å². The first-order valence-corrected chi connectivity index (χ1v) is 16.4. The topological polar surface area (TPSA) is 86.8 Å². The highest BCUT2D eigenvalue weighted by molar-refractivity contribution is 7.92. The molecule has 0 saturated carbocycles. The number of nitrogens with zero attached hydrogens (tertiary/aromatic N) is 2. The van der Waals surface area contributed by atoms with Crippen LogP contribution in [0.5, 0.6) is 0 Å². The zero-order chi connectivity index (χ0) is 31.9. The van der Waals surface area contributed by atoms with E-state index in [0.717, 1.165) is 9.87 Å². The van der Waals surface area contributed by atoms with Gasteiger partial charge in [-0.2, -0.15) is 0 Å². The second-order valence-corrected chi connectivity index (χ2v) is 13.6. The van der Waals surface area contributed by atoms with Crippen molar-refractivity contribution in [2.24, 2.45) is 0 Å². The van der Waals surface area contributed by atoms with Gasteiger partial charge in [0.1, 0.15) is 12.6 Å². The highest BCUT2D eigenvalue weighted by atomic mass is 35.5. The monoisotopic (exact) mass is 671 g/mol. The Hall–Kier alpha value is -3.56. The molecule has 230 valence electrons. The third-order valence-electron chi connectivity index (χ3n) is 6.74. The summed E-state index contributed by atoms with van der Waals surface area (Å²) in [7, 11) is -4.27. The van der Waals surface area contributed by atoms with E-state index in [1.807, 2.05) is 44.2 Å². The molecule has 0 aromatic heterocycles. The molecule has 0 fully saturated rings. The van der Waals surface area contributed by atoms with Crippen LogP contribution in [0, 0.1) is 0 Å². The summed E-state index contributed by atoms with van der Waals surface area (Å²) in [6, 6.07) is 27.0. The SMILES string of the molecule is CC(C)NC(=O)[C@H](Cc1ccccc1)N(Cc1ccc(Cl)cc1)C(=O)CN(c1cccc(Cl)c1)S(=O)(=O)c1ccc(Cl)cc1. The van der Waals surface area contributed by atoms with Crippen molar-refractivity contribution in [1.82, 2.24) is 10.2 Å². The van der Waals surface area contributed by atoms with E-state index >= 15 is 0 Å². The summed E-state index contributed by atoms with van der Waals surface area (Å²) >= 11 is 18.4. The first-order valence-electron chi connectivity index (χ1n) is 13.9. The Labute approximate surface area is 273 Å². The van der Waals surface area contributed by atoms with Crippen LogP contribution in [0.4, 0.5) is 5.69 Å². The van der Waals surface area contributed by atoms with E-state index in [-0.39, 0.29) is 35.5 Å². The van der Waals surface area contributed by atoms with Gasteiger partial charge in [-0.15, -0.1) is 0 Å². The highest BCUT2D eigenvalue weighted by Crippen LogP contribution is 2.28. The molecule has 0 heterocycles. The summed E-state index contributed by atoms with van der Waals surface area (Å²) in [6.45, 7) is 3.10. The van der Waals surface area contributed by atoms with E-state index in [1.54, 1.807) is 42.5 Å². The van der Waals surface area contributed by atoms with Crippen molar-refractivity contribution in [2.45, 2.75) is 43.8 Å². The van der Waals surface area contributed by atoms with Crippen molar-refractivity contribution in [2.75, 3.05) is 10.8 Å². The van der Waals surface area contributed by atoms with Gasteiger partial charge in [0.2, 0.25) is 11.8 Å². The maximum atomic E-state index is 14.4. The number of sulfonamides is 1. The smallest absolute Gasteiger partial charge is 0.264 e. The zero-order valence-corrected chi connectivity index (χ0v) is 27.2. The number of carbonyl (C=O) groups excluding carboxylic acids is 2. The fourth-order valence-electron chi connectivity index (χ4n) is 4.61. The number of halogens is 3. The molecule has 0 aliphatic rings. The zero-order valence-electron chi connectivity index (χ0n) is 24.2. The summed E-state index contributed by atoms with van der Waals surface area (Å²) in [5, 5.41) is 4.11. The molecule has 0 aliphatic heterocycles. The molecule has 0 unspecified atom stereocenters. The Balaban J connectivity index is 1.80. The number of nitrogens with one attached hydrogen (secondary N) is 1. The molecule has 44 heavy (non-hydrogen) atoms. The average Bonchev–Trinajstić information content (AvgIpc) is 2.98. The number of rotatable bonds is 12. The van der Waals surface area contributed by atoms with Crippen LogP contribution in [0.2, 0.25) is 15.1 Å². The molecular formula is C33H32Cl3N3O4S. The Morgan fingerprint density at radius 1 is 0.750 bits per heavy atom. The largest absolute Gasteiger partial charge is 0.352 e. The Bertz CT molecular complexity index is 1680. The van der Waals surface area contributed by atoms with E-state index in [2.05, 4.69) is 5.32 Å². The van der Waals surface area contributed by atoms with Crippen LogP contribution in [0.15, 0.2) is 108 Å². The first-order chi connectivity index (χ1) is 20.9. The van der Waals surface area contributed by atoms with E-state index < -0.39 is 28.5 Å². The second kappa shape index (κ2) is 14.9. The van der Waals surface area contributed by atoms with Gasteiger partial charge in [-0.3, -0.25) is 13.9 Å². The maximum absolute atomic E-state index is 14.4. The molecule has 4 aromatic rings. The fourth-order valence-corrected chi connectivity index (χ4v) is 6.46. The molecule has 4 rings (SSSR count). The number of amides is 2. The Morgan fingerprint density at radius 3 is 1.95 bits per heavy atom. The van der Waals surface area contributed by atoms with Crippen LogP contribution < -0.4 is 9.62 Å². The van der Waals surface area contributed by atoms with Gasteiger partial charge >= 0.3 is 0 Å². The predicted molar refractivity (Wildman–Crippen MR) is 177 cm³/mol. The molecule has 0 spiro atoms. The van der Waals surface area contributed by atoms with Gasteiger partial charge in [-0.05, 0) is 79.6 Å². The number of benzene rings is 4. The summed E-state index contributed by atoms with van der Waals surface area (Å²) < 4.78 is 29.0. The van der Waals surface area contributed by atoms with Crippen LogP contribution in [-0.4, -0.2) is 43.8 Å². The third-order valence-corrected chi connectivity index (χ3v) is 9.27. The number of anilines is 1. The molecule has 4 aromatic carbocycles. The molecule has 2 amide bonds. The van der Waals surface area contributed by atoms with Crippen molar-refractivity contribution in [1.29, 1.82) is 0 Å². The van der Waals surface area contributed by atoms with Crippen LogP contribution >= 0.6 is 34.8 Å². The standard InChI is InChI=1S/C33H32Cl3N3O4S/c1-23(2)37-33(41)31(19-24-7-4-3-5-8-24)38(21-25-11-13-26(34)14-12-25)32(40)22-39(29-10-6-9-28(36)20-29)44(42,43)30-17-15-27(35)16-18-30/h3-18,20,23,31H,19,21-22H2,1-2H3,(H,37,41)/t31-/m0/s1. The second-order valence-electron chi connectivity index (χ2n) is 10.5. The molecule has 1 N–H and O–H groups in total. The summed E-state index contributed by atoms with van der Waals surface area (Å²) in [4.78, 5) is 29.5. The lowest BCUT2D eigenvalue weighted by atomic mass is 10.0. The van der Waals surface area contributed by atoms with Crippen molar-refractivity contribution in [3.63, 3.8) is 0 Å². The molecule has 0 bridgehead atoms. The van der Waals surface area contributed by atoms with Gasteiger partial charge in [0.15, 0.2) is 0 Å². The highest BCUT2D eigenvalue weighted by Gasteiger charge is 2.35. The van der Waals surface area contributed by atoms with Crippen molar-refractivity contribution in [3.05, 3.63) is 129 Å². The van der Waals surface area contributed by atoms with Crippen molar-refractivity contribution in [3.8, 4) is 0 Å². The quantitative estimate of drug-likeness (QED) is 0.176. The summed E-state index contributed by atoms with van der Waals surface area (Å²) in [5.41, 5.74) is 1.75. The van der Waals surface area contributed by atoms with Crippen LogP contribution in [0.25, 0.3) is 0 Å². The van der Waals surface area contributed by atoms with E-state index in [1.165, 1.54) is 35.2 Å². The minimum absolute atomic E-state index is 0.0311. The molecule has 11 heteroatoms. The van der Waals surface area contributed by atoms with E-state index in [9.17, 15) is 18.0 Å². The lowest BCUT2D eigenvalue weighted by Gasteiger charge is -2.34. The summed E-state index contributed by atoms with van der Waals surface area (Å²) in [6.07, 6.45) is 0.208. The normalized spacial score (nSPS) is 12.0. The number of hydrogen-bond acceptors (Lipinski definition) is 4. The van der Waals surface area contributed by atoms with Crippen LogP contribution in [0.1, 0.15) is 25.0 Å². The molecule has 0 aliphatic carbocycles. The Morgan fingerprint density at radius 2 is 1.36 bits per heavy atom. The van der Waals surface area contributed by atoms with Crippen molar-refractivity contribution >= 4 is 62.3 Å². The summed E-state index contributed by atoms with van der Waals surface area (Å²) in [5.74, 6) is -0.946. The van der Waals surface area contributed by atoms with Gasteiger partial charge in [-0.25, -0.2) is 8.42 Å². The average molecular weight is 673 g/mol. The molecule has 0 radical (unpaired) electrons. The van der Waals surface area contributed by atoms with Gasteiger partial charge in [0.25, 0.3) is 10.0 Å². The lowest BCUT2D eigenvalue weighted by molar-refractivity contribution is -0.140. The van der Waals surface area contributed by atoms with E-state index in [0.29, 0.717) is 20.6 Å². The first kappa shape index (κ1) is 33.3. The Kier molecular flexibility index (Phi) is 11.3. The van der Waals surface area contributed by atoms with E-state index in [4.69, 9.17) is 34.8 Å². The maximum Gasteiger partial charge on any atom is 0.264 e. The lowest BCUT2D eigenvalue weighted by Crippen LogP contribution is -2.54. The van der Waals surface area contributed by atoms with Crippen LogP contribution in [-0.2, 0) is 32.6 Å². The third kappa shape index (κ3) is 8.76. The van der Waals surface area contributed by atoms with Gasteiger partial charge in [0, 0.05) is 34.1 Å².